The largest absolute Gasteiger partial charge is 0.481 e. The number of aliphatic carboxylic acids is 1. The van der Waals surface area contributed by atoms with Crippen molar-refractivity contribution in [2.24, 2.45) is 11.3 Å². The van der Waals surface area contributed by atoms with Crippen LogP contribution in [0, 0.1) is 17.2 Å². The van der Waals surface area contributed by atoms with Crippen LogP contribution in [0.4, 0.5) is 4.39 Å². The molecule has 1 saturated heterocycles. The molecule has 4 heteroatoms. The van der Waals surface area contributed by atoms with Crippen molar-refractivity contribution in [2.45, 2.75) is 39.7 Å². The molecular formula is C17H24FNO2. The van der Waals surface area contributed by atoms with Crippen LogP contribution < -0.4 is 0 Å². The molecule has 2 rings (SSSR count). The Kier molecular flexibility index (Phi) is 4.67. The van der Waals surface area contributed by atoms with Crippen molar-refractivity contribution in [1.82, 2.24) is 4.90 Å². The second-order valence-corrected chi connectivity index (χ2v) is 6.52. The second kappa shape index (κ2) is 6.14. The van der Waals surface area contributed by atoms with E-state index in [9.17, 15) is 14.3 Å². The lowest BCUT2D eigenvalue weighted by molar-refractivity contribution is -0.151. The molecule has 3 nitrogen and oxygen atoms in total. The number of benzene rings is 1. The minimum atomic E-state index is -0.686. The molecule has 0 saturated carbocycles. The number of rotatable bonds is 5. The first kappa shape index (κ1) is 16.0. The Morgan fingerprint density at radius 2 is 1.95 bits per heavy atom. The molecule has 21 heavy (non-hydrogen) atoms. The summed E-state index contributed by atoms with van der Waals surface area (Å²) in [6.45, 7) is 7.50. The number of carboxylic acids is 1. The summed E-state index contributed by atoms with van der Waals surface area (Å²) in [4.78, 5) is 13.9. The number of halogens is 1. The maximum Gasteiger partial charge on any atom is 0.311 e. The van der Waals surface area contributed by atoms with Gasteiger partial charge >= 0.3 is 5.97 Å². The van der Waals surface area contributed by atoms with Gasteiger partial charge in [-0.1, -0.05) is 26.0 Å². The first-order chi connectivity index (χ1) is 9.85. The van der Waals surface area contributed by atoms with E-state index in [2.05, 4.69) is 11.8 Å². The average molecular weight is 293 g/mol. The SMILES string of the molecule is CC(Cc1ccc(F)cc1)N1CCC(C(=O)O)(C(C)C)C1. The molecular weight excluding hydrogens is 269 g/mol. The van der Waals surface area contributed by atoms with E-state index >= 15 is 0 Å². The number of nitrogens with zero attached hydrogens (tertiary/aromatic N) is 1. The highest BCUT2D eigenvalue weighted by Gasteiger charge is 2.47. The van der Waals surface area contributed by atoms with Crippen molar-refractivity contribution in [2.75, 3.05) is 13.1 Å². The van der Waals surface area contributed by atoms with Gasteiger partial charge in [0.05, 0.1) is 5.41 Å². The lowest BCUT2D eigenvalue weighted by Crippen LogP contribution is -2.41. The van der Waals surface area contributed by atoms with Gasteiger partial charge < -0.3 is 5.11 Å². The van der Waals surface area contributed by atoms with Crippen LogP contribution in [0.2, 0.25) is 0 Å². The molecule has 0 aromatic heterocycles. The van der Waals surface area contributed by atoms with E-state index in [0.717, 1.165) is 18.5 Å². The monoisotopic (exact) mass is 293 g/mol. The van der Waals surface area contributed by atoms with Crippen LogP contribution in [0.5, 0.6) is 0 Å². The van der Waals surface area contributed by atoms with Crippen molar-refractivity contribution >= 4 is 5.97 Å². The summed E-state index contributed by atoms with van der Waals surface area (Å²) >= 11 is 0. The normalized spacial score (nSPS) is 24.4. The van der Waals surface area contributed by atoms with Crippen molar-refractivity contribution < 1.29 is 14.3 Å². The fraction of sp³-hybridized carbons (Fsp3) is 0.588. The van der Waals surface area contributed by atoms with Crippen molar-refractivity contribution in [3.63, 3.8) is 0 Å². The molecule has 0 amide bonds. The molecule has 0 radical (unpaired) electrons. The molecule has 0 spiro atoms. The molecule has 2 atom stereocenters. The summed E-state index contributed by atoms with van der Waals surface area (Å²) in [5.74, 6) is -0.788. The third-order valence-electron chi connectivity index (χ3n) is 4.93. The van der Waals surface area contributed by atoms with Gasteiger partial charge in [0, 0.05) is 12.6 Å². The molecule has 0 aliphatic carbocycles. The Hall–Kier alpha value is -1.42. The van der Waals surface area contributed by atoms with E-state index in [4.69, 9.17) is 0 Å². The standard InChI is InChI=1S/C17H24FNO2/c1-12(2)17(16(20)21)8-9-19(11-17)13(3)10-14-4-6-15(18)7-5-14/h4-7,12-13H,8-11H2,1-3H3,(H,20,21). The van der Waals surface area contributed by atoms with E-state index in [1.807, 2.05) is 13.8 Å². The van der Waals surface area contributed by atoms with Crippen molar-refractivity contribution in [3.05, 3.63) is 35.6 Å². The first-order valence-corrected chi connectivity index (χ1v) is 7.57. The van der Waals surface area contributed by atoms with Crippen LogP contribution in [-0.4, -0.2) is 35.1 Å². The zero-order valence-corrected chi connectivity index (χ0v) is 13.0. The van der Waals surface area contributed by atoms with Crippen LogP contribution in [0.3, 0.4) is 0 Å². The molecule has 116 valence electrons. The van der Waals surface area contributed by atoms with Gasteiger partial charge in [0.25, 0.3) is 0 Å². The summed E-state index contributed by atoms with van der Waals surface area (Å²) in [5, 5.41) is 9.59. The Morgan fingerprint density at radius 3 is 2.43 bits per heavy atom. The lowest BCUT2D eigenvalue weighted by atomic mass is 9.76. The van der Waals surface area contributed by atoms with Crippen LogP contribution in [-0.2, 0) is 11.2 Å². The number of carbonyl (C=O) groups is 1. The van der Waals surface area contributed by atoms with Gasteiger partial charge in [-0.2, -0.15) is 0 Å². The predicted octanol–water partition coefficient (Wildman–Crippen LogP) is 3.19. The quantitative estimate of drug-likeness (QED) is 0.906. The molecule has 1 heterocycles. The lowest BCUT2D eigenvalue weighted by Gasteiger charge is -2.31. The van der Waals surface area contributed by atoms with E-state index < -0.39 is 11.4 Å². The third-order valence-corrected chi connectivity index (χ3v) is 4.93. The highest BCUT2D eigenvalue weighted by molar-refractivity contribution is 5.75. The Balaban J connectivity index is 2.03. The highest BCUT2D eigenvalue weighted by atomic mass is 19.1. The van der Waals surface area contributed by atoms with E-state index in [1.54, 1.807) is 12.1 Å². The van der Waals surface area contributed by atoms with Gasteiger partial charge in [-0.3, -0.25) is 9.69 Å². The average Bonchev–Trinajstić information content (AvgIpc) is 2.88. The molecule has 2 unspecified atom stereocenters. The molecule has 1 aliphatic heterocycles. The zero-order valence-electron chi connectivity index (χ0n) is 13.0. The third kappa shape index (κ3) is 3.26. The van der Waals surface area contributed by atoms with Gasteiger partial charge in [0.1, 0.15) is 5.82 Å². The maximum absolute atomic E-state index is 12.9. The maximum atomic E-state index is 12.9. The number of hydrogen-bond acceptors (Lipinski definition) is 2. The van der Waals surface area contributed by atoms with Gasteiger partial charge in [0.2, 0.25) is 0 Å². The van der Waals surface area contributed by atoms with Crippen LogP contribution in [0.15, 0.2) is 24.3 Å². The smallest absolute Gasteiger partial charge is 0.311 e. The fourth-order valence-electron chi connectivity index (χ4n) is 3.22. The molecule has 1 aromatic rings. The van der Waals surface area contributed by atoms with Crippen molar-refractivity contribution in [3.8, 4) is 0 Å². The summed E-state index contributed by atoms with van der Waals surface area (Å²) in [7, 11) is 0. The Morgan fingerprint density at radius 1 is 1.33 bits per heavy atom. The number of carboxylic acid groups (broad SMARTS) is 1. The van der Waals surface area contributed by atoms with Crippen LogP contribution >= 0.6 is 0 Å². The van der Waals surface area contributed by atoms with E-state index in [1.165, 1.54) is 12.1 Å². The minimum Gasteiger partial charge on any atom is -0.481 e. The van der Waals surface area contributed by atoms with Crippen molar-refractivity contribution in [1.29, 1.82) is 0 Å². The predicted molar refractivity (Wildman–Crippen MR) is 80.7 cm³/mol. The summed E-state index contributed by atoms with van der Waals surface area (Å²) in [6.07, 6.45) is 1.52. The molecule has 1 fully saturated rings. The van der Waals surface area contributed by atoms with E-state index in [-0.39, 0.29) is 17.8 Å². The summed E-state index contributed by atoms with van der Waals surface area (Å²) < 4.78 is 12.9. The van der Waals surface area contributed by atoms with Gasteiger partial charge in [-0.25, -0.2) is 4.39 Å². The molecule has 1 aliphatic rings. The van der Waals surface area contributed by atoms with Gasteiger partial charge in [-0.15, -0.1) is 0 Å². The topological polar surface area (TPSA) is 40.5 Å². The minimum absolute atomic E-state index is 0.123. The second-order valence-electron chi connectivity index (χ2n) is 6.52. The zero-order chi connectivity index (χ0) is 15.6. The highest BCUT2D eigenvalue weighted by Crippen LogP contribution is 2.39. The molecule has 0 bridgehead atoms. The first-order valence-electron chi connectivity index (χ1n) is 7.57. The van der Waals surface area contributed by atoms with Crippen LogP contribution in [0.25, 0.3) is 0 Å². The van der Waals surface area contributed by atoms with E-state index in [0.29, 0.717) is 13.0 Å². The fourth-order valence-corrected chi connectivity index (χ4v) is 3.22. The Bertz CT molecular complexity index is 500. The summed E-state index contributed by atoms with van der Waals surface area (Å²) in [5.41, 5.74) is 0.457. The van der Waals surface area contributed by atoms with Gasteiger partial charge in [0.15, 0.2) is 0 Å². The Labute approximate surface area is 125 Å². The van der Waals surface area contributed by atoms with Gasteiger partial charge in [-0.05, 0) is 49.9 Å². The summed E-state index contributed by atoms with van der Waals surface area (Å²) in [6, 6.07) is 6.81. The molecule has 1 N–H and O–H groups in total. The number of likely N-dealkylation sites (tertiary alicyclic amines) is 1. The number of hydrogen-bond donors (Lipinski definition) is 1. The van der Waals surface area contributed by atoms with Crippen LogP contribution in [0.1, 0.15) is 32.8 Å². The molecule has 1 aromatic carbocycles.